The number of hydrogen-bond donors (Lipinski definition) is 2. The largest absolute Gasteiger partial charge is 0.385 e. The molecule has 17 heavy (non-hydrogen) atoms. The molecule has 0 spiro atoms. The summed E-state index contributed by atoms with van der Waals surface area (Å²) >= 11 is 0. The molecule has 94 valence electrons. The molecule has 0 saturated carbocycles. The van der Waals surface area contributed by atoms with Crippen molar-refractivity contribution in [2.75, 3.05) is 18.4 Å². The van der Waals surface area contributed by atoms with Gasteiger partial charge >= 0.3 is 0 Å². The molecule has 3 nitrogen and oxygen atoms in total. The first kappa shape index (κ1) is 13.6. The van der Waals surface area contributed by atoms with E-state index >= 15 is 0 Å². The van der Waals surface area contributed by atoms with Crippen LogP contribution in [0.25, 0.3) is 0 Å². The highest BCUT2D eigenvalue weighted by Crippen LogP contribution is 2.16. The summed E-state index contributed by atoms with van der Waals surface area (Å²) in [6.45, 7) is 7.65. The van der Waals surface area contributed by atoms with Gasteiger partial charge in [-0.1, -0.05) is 26.0 Å². The van der Waals surface area contributed by atoms with Gasteiger partial charge in [0.25, 0.3) is 0 Å². The Bertz CT molecular complexity index is 344. The minimum atomic E-state index is 0.0961. The topological polar surface area (TPSA) is 41.1 Å². The Balaban J connectivity index is 2.35. The molecule has 1 amide bonds. The highest BCUT2D eigenvalue weighted by molar-refractivity contribution is 5.76. The molecular weight excluding hydrogens is 212 g/mol. The van der Waals surface area contributed by atoms with Gasteiger partial charge in [-0.25, -0.2) is 0 Å². The first-order valence-corrected chi connectivity index (χ1v) is 6.24. The fourth-order valence-corrected chi connectivity index (χ4v) is 1.59. The van der Waals surface area contributed by atoms with Crippen LogP contribution in [0.5, 0.6) is 0 Å². The Morgan fingerprint density at radius 1 is 1.24 bits per heavy atom. The average Bonchev–Trinajstić information content (AvgIpc) is 2.30. The van der Waals surface area contributed by atoms with Crippen LogP contribution in [0.1, 0.15) is 38.7 Å². The summed E-state index contributed by atoms with van der Waals surface area (Å²) in [6.07, 6.45) is 0.514. The van der Waals surface area contributed by atoms with Gasteiger partial charge in [0.15, 0.2) is 0 Å². The van der Waals surface area contributed by atoms with Crippen molar-refractivity contribution >= 4 is 11.6 Å². The van der Waals surface area contributed by atoms with Gasteiger partial charge in [-0.3, -0.25) is 4.79 Å². The molecule has 0 saturated heterocycles. The minimum Gasteiger partial charge on any atom is -0.385 e. The standard InChI is InChI=1S/C14H22N2O/c1-4-15-14(17)9-10-16-13-7-5-12(6-8-13)11(2)3/h5-8,11,16H,4,9-10H2,1-3H3,(H,15,17). The molecule has 1 rings (SSSR count). The lowest BCUT2D eigenvalue weighted by atomic mass is 10.0. The van der Waals surface area contributed by atoms with Crippen molar-refractivity contribution in [2.45, 2.75) is 33.1 Å². The van der Waals surface area contributed by atoms with Crippen LogP contribution in [0, 0.1) is 0 Å². The third-order valence-corrected chi connectivity index (χ3v) is 2.63. The van der Waals surface area contributed by atoms with Gasteiger partial charge in [0.05, 0.1) is 0 Å². The van der Waals surface area contributed by atoms with Crippen LogP contribution in [-0.2, 0) is 4.79 Å². The Labute approximate surface area is 104 Å². The molecule has 0 aromatic heterocycles. The fraction of sp³-hybridized carbons (Fsp3) is 0.500. The second kappa shape index (κ2) is 6.94. The summed E-state index contributed by atoms with van der Waals surface area (Å²) in [6, 6.07) is 8.37. The van der Waals surface area contributed by atoms with Crippen molar-refractivity contribution in [2.24, 2.45) is 0 Å². The van der Waals surface area contributed by atoms with Gasteiger partial charge < -0.3 is 10.6 Å². The van der Waals surface area contributed by atoms with E-state index in [1.807, 2.05) is 6.92 Å². The van der Waals surface area contributed by atoms with Crippen LogP contribution >= 0.6 is 0 Å². The van der Waals surface area contributed by atoms with Crippen LogP contribution in [0.4, 0.5) is 5.69 Å². The van der Waals surface area contributed by atoms with Crippen molar-refractivity contribution in [1.82, 2.24) is 5.32 Å². The smallest absolute Gasteiger partial charge is 0.221 e. The Morgan fingerprint density at radius 2 is 1.88 bits per heavy atom. The van der Waals surface area contributed by atoms with Gasteiger partial charge in [-0.2, -0.15) is 0 Å². The van der Waals surface area contributed by atoms with E-state index < -0.39 is 0 Å². The molecule has 0 bridgehead atoms. The number of nitrogens with one attached hydrogen (secondary N) is 2. The van der Waals surface area contributed by atoms with E-state index in [9.17, 15) is 4.79 Å². The highest BCUT2D eigenvalue weighted by atomic mass is 16.1. The SMILES string of the molecule is CCNC(=O)CCNc1ccc(C(C)C)cc1. The van der Waals surface area contributed by atoms with Crippen LogP contribution in [0.15, 0.2) is 24.3 Å². The van der Waals surface area contributed by atoms with Crippen LogP contribution in [0.2, 0.25) is 0 Å². The van der Waals surface area contributed by atoms with Crippen LogP contribution < -0.4 is 10.6 Å². The predicted molar refractivity (Wildman–Crippen MR) is 72.3 cm³/mol. The van der Waals surface area contributed by atoms with Gasteiger partial charge in [0.1, 0.15) is 0 Å². The Kier molecular flexibility index (Phi) is 5.53. The molecule has 1 aromatic carbocycles. The first-order chi connectivity index (χ1) is 8.13. The lowest BCUT2D eigenvalue weighted by molar-refractivity contribution is -0.120. The number of carbonyl (C=O) groups is 1. The van der Waals surface area contributed by atoms with Crippen molar-refractivity contribution in [3.05, 3.63) is 29.8 Å². The van der Waals surface area contributed by atoms with E-state index in [1.165, 1.54) is 5.56 Å². The number of amides is 1. The maximum absolute atomic E-state index is 11.2. The zero-order valence-electron chi connectivity index (χ0n) is 10.9. The van der Waals surface area contributed by atoms with E-state index in [0.717, 1.165) is 5.69 Å². The quantitative estimate of drug-likeness (QED) is 0.794. The molecule has 2 N–H and O–H groups in total. The normalized spacial score (nSPS) is 10.4. The average molecular weight is 234 g/mol. The zero-order valence-corrected chi connectivity index (χ0v) is 10.9. The maximum Gasteiger partial charge on any atom is 0.221 e. The van der Waals surface area contributed by atoms with E-state index in [0.29, 0.717) is 25.4 Å². The summed E-state index contributed by atoms with van der Waals surface area (Å²) in [5.41, 5.74) is 2.40. The monoisotopic (exact) mass is 234 g/mol. The van der Waals surface area contributed by atoms with E-state index in [2.05, 4.69) is 48.7 Å². The van der Waals surface area contributed by atoms with Crippen molar-refractivity contribution in [3.8, 4) is 0 Å². The summed E-state index contributed by atoms with van der Waals surface area (Å²) < 4.78 is 0. The van der Waals surface area contributed by atoms with Crippen LogP contribution in [-0.4, -0.2) is 19.0 Å². The number of benzene rings is 1. The second-order valence-electron chi connectivity index (χ2n) is 4.41. The van der Waals surface area contributed by atoms with E-state index in [4.69, 9.17) is 0 Å². The zero-order chi connectivity index (χ0) is 12.7. The Hall–Kier alpha value is -1.51. The van der Waals surface area contributed by atoms with E-state index in [-0.39, 0.29) is 5.91 Å². The molecule has 0 atom stereocenters. The van der Waals surface area contributed by atoms with Crippen LogP contribution in [0.3, 0.4) is 0 Å². The maximum atomic E-state index is 11.2. The summed E-state index contributed by atoms with van der Waals surface area (Å²) in [5.74, 6) is 0.651. The van der Waals surface area contributed by atoms with Gasteiger partial charge in [0.2, 0.25) is 5.91 Å². The summed E-state index contributed by atoms with van der Waals surface area (Å²) in [7, 11) is 0. The molecule has 0 aliphatic heterocycles. The summed E-state index contributed by atoms with van der Waals surface area (Å²) in [5, 5.41) is 6.02. The molecule has 0 unspecified atom stereocenters. The minimum absolute atomic E-state index is 0.0961. The fourth-order valence-electron chi connectivity index (χ4n) is 1.59. The van der Waals surface area contributed by atoms with Crippen molar-refractivity contribution in [3.63, 3.8) is 0 Å². The molecule has 0 aliphatic rings. The number of carbonyl (C=O) groups excluding carboxylic acids is 1. The van der Waals surface area contributed by atoms with Gasteiger partial charge in [0, 0.05) is 25.2 Å². The molecule has 3 heteroatoms. The molecule has 0 radical (unpaired) electrons. The van der Waals surface area contributed by atoms with Gasteiger partial charge in [-0.05, 0) is 30.5 Å². The summed E-state index contributed by atoms with van der Waals surface area (Å²) in [4.78, 5) is 11.2. The molecule has 1 aromatic rings. The lowest BCUT2D eigenvalue weighted by Gasteiger charge is -2.09. The lowest BCUT2D eigenvalue weighted by Crippen LogP contribution is -2.24. The predicted octanol–water partition coefficient (Wildman–Crippen LogP) is 2.75. The number of hydrogen-bond acceptors (Lipinski definition) is 2. The molecule has 0 aliphatic carbocycles. The molecule has 0 heterocycles. The molecule has 0 fully saturated rings. The third-order valence-electron chi connectivity index (χ3n) is 2.63. The van der Waals surface area contributed by atoms with Crippen molar-refractivity contribution in [1.29, 1.82) is 0 Å². The number of rotatable bonds is 6. The Morgan fingerprint density at radius 3 is 2.41 bits per heavy atom. The van der Waals surface area contributed by atoms with Gasteiger partial charge in [-0.15, -0.1) is 0 Å². The highest BCUT2D eigenvalue weighted by Gasteiger charge is 2.00. The third kappa shape index (κ3) is 4.89. The number of anilines is 1. The van der Waals surface area contributed by atoms with Crippen molar-refractivity contribution < 1.29 is 4.79 Å². The molecular formula is C14H22N2O. The second-order valence-corrected chi connectivity index (χ2v) is 4.41. The van der Waals surface area contributed by atoms with E-state index in [1.54, 1.807) is 0 Å². The first-order valence-electron chi connectivity index (χ1n) is 6.24.